The Morgan fingerprint density at radius 1 is 0.833 bits per heavy atom. The van der Waals surface area contributed by atoms with Crippen LogP contribution >= 0.6 is 22.2 Å². The Morgan fingerprint density at radius 3 is 1.39 bits per heavy atom. The Labute approximate surface area is 105 Å². The molecule has 1 aromatic rings. The lowest BCUT2D eigenvalue weighted by Crippen LogP contribution is -2.43. The third-order valence-electron chi connectivity index (χ3n) is 1.85. The molecule has 0 heterocycles. The SMILES string of the molecule is O[Si](Cl)(Cl)c1c(F)c(F)c(C(F)(F)F)c(F)c1F. The largest absolute Gasteiger partial charge is 0.427 e. The van der Waals surface area contributed by atoms with Crippen LogP contribution in [0.4, 0.5) is 30.7 Å². The first-order valence-corrected chi connectivity index (χ1v) is 7.90. The van der Waals surface area contributed by atoms with E-state index in [9.17, 15) is 30.7 Å². The minimum absolute atomic E-state index is 1.83. The van der Waals surface area contributed by atoms with Crippen molar-refractivity contribution in [2.75, 3.05) is 0 Å². The summed E-state index contributed by atoms with van der Waals surface area (Å²) in [5.74, 6) is -10.4. The molecule has 0 fully saturated rings. The lowest BCUT2D eigenvalue weighted by atomic mass is 10.1. The third kappa shape index (κ3) is 2.58. The van der Waals surface area contributed by atoms with Crippen molar-refractivity contribution in [3.63, 3.8) is 0 Å². The normalized spacial score (nSPS) is 13.0. The van der Waals surface area contributed by atoms with Gasteiger partial charge in [-0.3, -0.25) is 0 Å². The first-order chi connectivity index (χ1) is 7.89. The molecule has 0 bridgehead atoms. The molecule has 1 aromatic carbocycles. The molecule has 1 rings (SSSR count). The average Bonchev–Trinajstić information content (AvgIpc) is 2.10. The second-order valence-corrected chi connectivity index (χ2v) is 8.49. The van der Waals surface area contributed by atoms with Crippen molar-refractivity contribution in [3.05, 3.63) is 28.8 Å². The van der Waals surface area contributed by atoms with Crippen LogP contribution in [0, 0.1) is 23.3 Å². The minimum Gasteiger partial charge on any atom is -0.405 e. The van der Waals surface area contributed by atoms with Gasteiger partial charge in [0.1, 0.15) is 5.56 Å². The number of hydrogen-bond acceptors (Lipinski definition) is 1. The van der Waals surface area contributed by atoms with E-state index < -0.39 is 47.1 Å². The fourth-order valence-electron chi connectivity index (χ4n) is 1.14. The summed E-state index contributed by atoms with van der Waals surface area (Å²) in [5, 5.41) is -1.83. The molecule has 102 valence electrons. The molecule has 0 saturated heterocycles. The Kier molecular flexibility index (Phi) is 3.93. The van der Waals surface area contributed by atoms with Gasteiger partial charge in [-0.1, -0.05) is 0 Å². The van der Waals surface area contributed by atoms with Gasteiger partial charge in [-0.05, 0) is 0 Å². The molecule has 0 aliphatic carbocycles. The Balaban J connectivity index is 3.79. The fourth-order valence-corrected chi connectivity index (χ4v) is 2.89. The van der Waals surface area contributed by atoms with Crippen LogP contribution in [-0.2, 0) is 6.18 Å². The van der Waals surface area contributed by atoms with E-state index in [1.165, 1.54) is 0 Å². The molecular weight excluding hydrogens is 332 g/mol. The van der Waals surface area contributed by atoms with Gasteiger partial charge in [0.25, 0.3) is 0 Å². The van der Waals surface area contributed by atoms with Gasteiger partial charge in [0.15, 0.2) is 23.3 Å². The molecule has 18 heavy (non-hydrogen) atoms. The van der Waals surface area contributed by atoms with Crippen LogP contribution in [0.2, 0.25) is 0 Å². The molecule has 0 amide bonds. The monoisotopic (exact) mass is 332 g/mol. The Hall–Kier alpha value is -0.513. The van der Waals surface area contributed by atoms with Gasteiger partial charge in [-0.25, -0.2) is 17.6 Å². The van der Waals surface area contributed by atoms with E-state index in [1.807, 2.05) is 0 Å². The van der Waals surface area contributed by atoms with Crippen LogP contribution in [0.25, 0.3) is 0 Å². The van der Waals surface area contributed by atoms with Crippen molar-refractivity contribution in [3.8, 4) is 0 Å². The molecule has 0 aliphatic rings. The zero-order chi connectivity index (χ0) is 14.5. The molecule has 0 radical (unpaired) electrons. The molecule has 0 aromatic heterocycles. The summed E-state index contributed by atoms with van der Waals surface area (Å²) in [6.07, 6.45) is -5.66. The Morgan fingerprint density at radius 2 is 1.17 bits per heavy atom. The molecule has 0 saturated carbocycles. The Bertz CT molecular complexity index is 422. The number of alkyl halides is 3. The van der Waals surface area contributed by atoms with Crippen molar-refractivity contribution < 1.29 is 35.5 Å². The number of benzene rings is 1. The van der Waals surface area contributed by atoms with Crippen LogP contribution in [0.15, 0.2) is 0 Å². The summed E-state index contributed by atoms with van der Waals surface area (Å²) in [6.45, 7) is -4.92. The predicted molar refractivity (Wildman–Crippen MR) is 50.6 cm³/mol. The van der Waals surface area contributed by atoms with Gasteiger partial charge in [0, 0.05) is 0 Å². The summed E-state index contributed by atoms with van der Waals surface area (Å²) >= 11 is 9.89. The summed E-state index contributed by atoms with van der Waals surface area (Å²) in [4.78, 5) is 8.97. The highest BCUT2D eigenvalue weighted by Crippen LogP contribution is 2.35. The van der Waals surface area contributed by atoms with Crippen LogP contribution < -0.4 is 5.19 Å². The van der Waals surface area contributed by atoms with Crippen molar-refractivity contribution in [2.24, 2.45) is 0 Å². The van der Waals surface area contributed by atoms with Crippen molar-refractivity contribution in [2.45, 2.75) is 6.18 Å². The van der Waals surface area contributed by atoms with Gasteiger partial charge in [0.2, 0.25) is 0 Å². The van der Waals surface area contributed by atoms with E-state index in [0.717, 1.165) is 0 Å². The van der Waals surface area contributed by atoms with Crippen molar-refractivity contribution in [1.29, 1.82) is 0 Å². The minimum atomic E-state index is -5.66. The zero-order valence-corrected chi connectivity index (χ0v) is 10.4. The third-order valence-corrected chi connectivity index (χ3v) is 4.02. The smallest absolute Gasteiger partial charge is 0.405 e. The predicted octanol–water partition coefficient (Wildman–Crippen LogP) is 2.88. The highest BCUT2D eigenvalue weighted by Gasteiger charge is 2.46. The number of halogens is 9. The van der Waals surface area contributed by atoms with Gasteiger partial charge >= 0.3 is 13.1 Å². The molecule has 0 atom stereocenters. The quantitative estimate of drug-likeness (QED) is 0.363. The molecule has 1 nitrogen and oxygen atoms in total. The van der Waals surface area contributed by atoms with Crippen LogP contribution in [0.3, 0.4) is 0 Å². The first kappa shape index (κ1) is 15.5. The molecule has 1 N–H and O–H groups in total. The van der Waals surface area contributed by atoms with E-state index >= 15 is 0 Å². The molecule has 0 aliphatic heterocycles. The molecule has 0 spiro atoms. The van der Waals surface area contributed by atoms with Gasteiger partial charge < -0.3 is 4.80 Å². The standard InChI is InChI=1S/C7HCl2F7OSi/c8-18(9,17)6-4(12)2(10)1(7(14,15)16)3(11)5(6)13/h17H. The van der Waals surface area contributed by atoms with Crippen LogP contribution in [0.1, 0.15) is 5.56 Å². The van der Waals surface area contributed by atoms with E-state index in [0.29, 0.717) is 0 Å². The van der Waals surface area contributed by atoms with E-state index in [2.05, 4.69) is 0 Å². The van der Waals surface area contributed by atoms with E-state index in [1.54, 1.807) is 0 Å². The number of rotatable bonds is 1. The van der Waals surface area contributed by atoms with E-state index in [4.69, 9.17) is 27.0 Å². The summed E-state index contributed by atoms with van der Waals surface area (Å²) in [6, 6.07) is 0. The second-order valence-electron chi connectivity index (χ2n) is 3.04. The maximum Gasteiger partial charge on any atom is 0.427 e. The average molecular weight is 333 g/mol. The lowest BCUT2D eigenvalue weighted by molar-refractivity contribution is -0.143. The zero-order valence-electron chi connectivity index (χ0n) is 7.85. The van der Waals surface area contributed by atoms with Crippen molar-refractivity contribution >= 4 is 34.3 Å². The molecular formula is C7HCl2F7OSi. The van der Waals surface area contributed by atoms with E-state index in [-0.39, 0.29) is 0 Å². The first-order valence-electron chi connectivity index (χ1n) is 3.92. The summed E-state index contributed by atoms with van der Waals surface area (Å²) in [5.41, 5.74) is -2.76. The second kappa shape index (κ2) is 4.55. The molecule has 0 unspecified atom stereocenters. The molecule has 11 heteroatoms. The highest BCUT2D eigenvalue weighted by atomic mass is 35.7. The highest BCUT2D eigenvalue weighted by molar-refractivity contribution is 7.47. The van der Waals surface area contributed by atoms with Gasteiger partial charge in [0.05, 0.1) is 5.19 Å². The summed E-state index contributed by atoms with van der Waals surface area (Å²) < 4.78 is 88.9. The van der Waals surface area contributed by atoms with Gasteiger partial charge in [-0.2, -0.15) is 13.2 Å². The van der Waals surface area contributed by atoms with Crippen molar-refractivity contribution in [1.82, 2.24) is 0 Å². The fraction of sp³-hybridized carbons (Fsp3) is 0.143. The lowest BCUT2D eigenvalue weighted by Gasteiger charge is -2.16. The topological polar surface area (TPSA) is 20.2 Å². The van der Waals surface area contributed by atoms with Gasteiger partial charge in [-0.15, -0.1) is 22.2 Å². The number of hydrogen-bond donors (Lipinski definition) is 1. The maximum atomic E-state index is 13.2. The van der Waals surface area contributed by atoms with Crippen LogP contribution in [-0.4, -0.2) is 11.7 Å². The van der Waals surface area contributed by atoms with Crippen LogP contribution in [0.5, 0.6) is 0 Å². The summed E-state index contributed by atoms with van der Waals surface area (Å²) in [7, 11) is 0. The maximum absolute atomic E-state index is 13.2.